The molecule has 0 fully saturated rings. The number of phosphoric ester groups is 2. The van der Waals surface area contributed by atoms with Crippen LogP contribution in [-0.4, -0.2) is 96.7 Å². The van der Waals surface area contributed by atoms with Gasteiger partial charge in [-0.05, 0) is 49.4 Å². The third-order valence-electron chi connectivity index (χ3n) is 16.7. The number of esters is 4. The van der Waals surface area contributed by atoms with E-state index in [2.05, 4.69) is 55.4 Å². The molecule has 0 spiro atoms. The first kappa shape index (κ1) is 85.1. The average molecular weight is 1280 g/mol. The van der Waals surface area contributed by atoms with E-state index >= 15 is 0 Å². The van der Waals surface area contributed by atoms with Crippen LogP contribution >= 0.6 is 15.6 Å². The normalized spacial score (nSPS) is 15.3. The van der Waals surface area contributed by atoms with Crippen LogP contribution in [0.15, 0.2) is 0 Å². The summed E-state index contributed by atoms with van der Waals surface area (Å²) < 4.78 is 68.2. The van der Waals surface area contributed by atoms with E-state index in [0.29, 0.717) is 25.7 Å². The van der Waals surface area contributed by atoms with Crippen molar-refractivity contribution in [2.24, 2.45) is 23.7 Å². The molecule has 19 heteroatoms. The Hall–Kier alpha value is -1.94. The summed E-state index contributed by atoms with van der Waals surface area (Å²) >= 11 is 0. The Balaban J connectivity index is 5.25. The van der Waals surface area contributed by atoms with Crippen molar-refractivity contribution < 1.29 is 80.2 Å². The Labute approximate surface area is 530 Å². The maximum absolute atomic E-state index is 13.0. The van der Waals surface area contributed by atoms with Crippen LogP contribution in [0.1, 0.15) is 331 Å². The number of carbonyl (C=O) groups excluding carboxylic acids is 4. The second-order valence-electron chi connectivity index (χ2n) is 25.8. The molecule has 3 N–H and O–H groups in total. The molecule has 87 heavy (non-hydrogen) atoms. The zero-order valence-electron chi connectivity index (χ0n) is 56.6. The Morgan fingerprint density at radius 2 is 0.552 bits per heavy atom. The first-order valence-electron chi connectivity index (χ1n) is 35.3. The zero-order valence-corrected chi connectivity index (χ0v) is 58.4. The minimum Gasteiger partial charge on any atom is -0.462 e. The lowest BCUT2D eigenvalue weighted by atomic mass is 9.99. The van der Waals surface area contributed by atoms with Gasteiger partial charge in [-0.1, -0.05) is 280 Å². The summed E-state index contributed by atoms with van der Waals surface area (Å²) in [6.45, 7) is 14.0. The first-order chi connectivity index (χ1) is 41.7. The van der Waals surface area contributed by atoms with Crippen molar-refractivity contribution in [3.8, 4) is 0 Å². The van der Waals surface area contributed by atoms with E-state index in [1.54, 1.807) is 0 Å². The van der Waals surface area contributed by atoms with Crippen LogP contribution in [0, 0.1) is 23.7 Å². The second kappa shape index (κ2) is 57.9. The fourth-order valence-corrected chi connectivity index (χ4v) is 11.6. The smallest absolute Gasteiger partial charge is 0.462 e. The summed E-state index contributed by atoms with van der Waals surface area (Å²) in [5, 5.41) is 10.6. The molecule has 17 nitrogen and oxygen atoms in total. The van der Waals surface area contributed by atoms with E-state index in [4.69, 9.17) is 37.0 Å². The van der Waals surface area contributed by atoms with Crippen molar-refractivity contribution in [3.63, 3.8) is 0 Å². The van der Waals surface area contributed by atoms with Crippen molar-refractivity contribution in [2.75, 3.05) is 39.6 Å². The Morgan fingerprint density at radius 1 is 0.322 bits per heavy atom. The van der Waals surface area contributed by atoms with Crippen molar-refractivity contribution in [1.82, 2.24) is 0 Å². The monoisotopic (exact) mass is 1280 g/mol. The fraction of sp³-hybridized carbons (Fsp3) is 0.941. The van der Waals surface area contributed by atoms with Gasteiger partial charge in [0.1, 0.15) is 19.3 Å². The number of ether oxygens (including phenoxy) is 4. The zero-order chi connectivity index (χ0) is 64.7. The molecule has 0 bridgehead atoms. The molecule has 0 aromatic rings. The van der Waals surface area contributed by atoms with E-state index in [0.717, 1.165) is 120 Å². The van der Waals surface area contributed by atoms with Crippen LogP contribution in [0.5, 0.6) is 0 Å². The summed E-state index contributed by atoms with van der Waals surface area (Å²) in [6, 6.07) is 0. The summed E-state index contributed by atoms with van der Waals surface area (Å²) in [6.07, 6.45) is 38.9. The van der Waals surface area contributed by atoms with Crippen LogP contribution in [0.25, 0.3) is 0 Å². The van der Waals surface area contributed by atoms with Gasteiger partial charge in [0.2, 0.25) is 0 Å². The minimum absolute atomic E-state index is 0.102. The summed E-state index contributed by atoms with van der Waals surface area (Å²) in [4.78, 5) is 72.4. The molecule has 5 unspecified atom stereocenters. The molecule has 0 heterocycles. The van der Waals surface area contributed by atoms with Crippen LogP contribution in [-0.2, 0) is 65.4 Å². The maximum atomic E-state index is 13.0. The molecule has 0 aliphatic heterocycles. The number of unbranched alkanes of at least 4 members (excludes halogenated alkanes) is 28. The third kappa shape index (κ3) is 58.9. The highest BCUT2D eigenvalue weighted by molar-refractivity contribution is 7.47. The van der Waals surface area contributed by atoms with E-state index in [-0.39, 0.29) is 25.7 Å². The summed E-state index contributed by atoms with van der Waals surface area (Å²) in [5.41, 5.74) is 0. The van der Waals surface area contributed by atoms with Crippen molar-refractivity contribution >= 4 is 39.5 Å². The van der Waals surface area contributed by atoms with Gasteiger partial charge >= 0.3 is 39.5 Å². The standard InChI is InChI=1S/C68H132O17P2/c1-9-59(6)45-37-29-21-18-19-23-34-42-50-67(72)84-63(55-79-66(71)49-41-33-26-24-30-38-46-60(7)10-2)56-82-86(74,75)80-52-62(69)53-81-87(76,77)83-57-64(85-68(73)51-43-35-27-25-31-39-47-61(8)11-3)54-78-65(70)48-40-32-22-17-15-13-12-14-16-20-28-36-44-58(4)5/h58-64,69H,9-57H2,1-8H3,(H,74,75)(H,76,77)/t59?,60?,61?,62-,63+,64+/m0/s1. The molecule has 0 aliphatic carbocycles. The number of phosphoric acid groups is 2. The fourth-order valence-electron chi connectivity index (χ4n) is 10.0. The number of aliphatic hydroxyl groups is 1. The maximum Gasteiger partial charge on any atom is 0.472 e. The number of rotatable bonds is 65. The highest BCUT2D eigenvalue weighted by Gasteiger charge is 2.30. The molecular formula is C68H132O17P2. The van der Waals surface area contributed by atoms with Crippen molar-refractivity contribution in [3.05, 3.63) is 0 Å². The van der Waals surface area contributed by atoms with Gasteiger partial charge < -0.3 is 33.8 Å². The molecule has 0 radical (unpaired) electrons. The lowest BCUT2D eigenvalue weighted by Gasteiger charge is -2.21. The first-order valence-corrected chi connectivity index (χ1v) is 38.3. The van der Waals surface area contributed by atoms with Gasteiger partial charge in [-0.2, -0.15) is 0 Å². The van der Waals surface area contributed by atoms with Crippen LogP contribution in [0.4, 0.5) is 0 Å². The molecule has 0 aromatic heterocycles. The topological polar surface area (TPSA) is 237 Å². The van der Waals surface area contributed by atoms with Crippen molar-refractivity contribution in [2.45, 2.75) is 350 Å². The summed E-state index contributed by atoms with van der Waals surface area (Å²) in [5.74, 6) is 0.866. The van der Waals surface area contributed by atoms with E-state index < -0.39 is 97.5 Å². The molecule has 0 rings (SSSR count). The van der Waals surface area contributed by atoms with Crippen LogP contribution in [0.3, 0.4) is 0 Å². The molecule has 0 aliphatic rings. The Kier molecular flexibility index (Phi) is 56.6. The van der Waals surface area contributed by atoms with E-state index in [1.807, 2.05) is 0 Å². The SMILES string of the molecule is CCC(C)CCCCCCCCCCC(=O)O[C@H](COC(=O)CCCCCCCCC(C)CC)COP(=O)(O)OC[C@H](O)COP(=O)(O)OC[C@@H](COC(=O)CCCCCCCCCCCCCCC(C)C)OC(=O)CCCCCCCCC(C)CC. The molecule has 0 aromatic carbocycles. The Bertz CT molecular complexity index is 1740. The Morgan fingerprint density at radius 3 is 0.816 bits per heavy atom. The van der Waals surface area contributed by atoms with Gasteiger partial charge in [0, 0.05) is 25.7 Å². The molecule has 516 valence electrons. The number of carbonyl (C=O) groups is 4. The molecule has 8 atom stereocenters. The number of hydrogen-bond donors (Lipinski definition) is 3. The molecule has 0 amide bonds. The number of hydrogen-bond acceptors (Lipinski definition) is 15. The van der Waals surface area contributed by atoms with Gasteiger partial charge in [0.25, 0.3) is 0 Å². The third-order valence-corrected chi connectivity index (χ3v) is 18.6. The van der Waals surface area contributed by atoms with Crippen LogP contribution < -0.4 is 0 Å². The van der Waals surface area contributed by atoms with Gasteiger partial charge in [-0.25, -0.2) is 9.13 Å². The molecule has 0 saturated heterocycles. The predicted octanol–water partition coefficient (Wildman–Crippen LogP) is 18.9. The highest BCUT2D eigenvalue weighted by atomic mass is 31.2. The lowest BCUT2D eigenvalue weighted by molar-refractivity contribution is -0.161. The van der Waals surface area contributed by atoms with Gasteiger partial charge in [0.15, 0.2) is 12.2 Å². The largest absolute Gasteiger partial charge is 0.472 e. The molecular weight excluding hydrogens is 1150 g/mol. The van der Waals surface area contributed by atoms with Crippen LogP contribution in [0.2, 0.25) is 0 Å². The van der Waals surface area contributed by atoms with E-state index in [1.165, 1.54) is 128 Å². The minimum atomic E-state index is -4.95. The quantitative estimate of drug-likeness (QED) is 0.0222. The van der Waals surface area contributed by atoms with Gasteiger partial charge in [0.05, 0.1) is 26.4 Å². The van der Waals surface area contributed by atoms with Crippen molar-refractivity contribution in [1.29, 1.82) is 0 Å². The van der Waals surface area contributed by atoms with Gasteiger partial charge in [-0.15, -0.1) is 0 Å². The average Bonchev–Trinajstić information content (AvgIpc) is 3.71. The second-order valence-corrected chi connectivity index (χ2v) is 28.7. The van der Waals surface area contributed by atoms with Gasteiger partial charge in [-0.3, -0.25) is 37.3 Å². The summed E-state index contributed by atoms with van der Waals surface area (Å²) in [7, 11) is -9.90. The molecule has 0 saturated carbocycles. The number of aliphatic hydroxyl groups excluding tert-OH is 1. The highest BCUT2D eigenvalue weighted by Crippen LogP contribution is 2.45. The lowest BCUT2D eigenvalue weighted by Crippen LogP contribution is -2.30. The van der Waals surface area contributed by atoms with E-state index in [9.17, 15) is 43.2 Å². The predicted molar refractivity (Wildman–Crippen MR) is 349 cm³/mol.